The van der Waals surface area contributed by atoms with E-state index in [1.54, 1.807) is 0 Å². The van der Waals surface area contributed by atoms with Crippen molar-refractivity contribution < 1.29 is 26.4 Å². The molecule has 1 saturated carbocycles. The molecular formula is C16H18N2O6S2. The highest BCUT2D eigenvalue weighted by Crippen LogP contribution is 2.39. The molecule has 3 aliphatic rings. The third kappa shape index (κ3) is 2.67. The summed E-state index contributed by atoms with van der Waals surface area (Å²) >= 11 is 0. The van der Waals surface area contributed by atoms with Gasteiger partial charge in [-0.25, -0.2) is 16.8 Å². The smallest absolute Gasteiger partial charge is 0.261 e. The lowest BCUT2D eigenvalue weighted by Crippen LogP contribution is -2.52. The minimum Gasteiger partial charge on any atom is -0.277 e. The first kappa shape index (κ1) is 17.6. The van der Waals surface area contributed by atoms with Crippen LogP contribution in [0, 0.1) is 5.92 Å². The normalized spacial score (nSPS) is 26.2. The van der Waals surface area contributed by atoms with Gasteiger partial charge in [-0.2, -0.15) is 4.31 Å². The fraction of sp³-hybridized carbons (Fsp3) is 0.500. The van der Waals surface area contributed by atoms with Gasteiger partial charge in [-0.05, 0) is 37.0 Å². The van der Waals surface area contributed by atoms with Crippen LogP contribution in [0.2, 0.25) is 0 Å². The lowest BCUT2D eigenvalue weighted by atomic mass is 10.1. The van der Waals surface area contributed by atoms with Crippen molar-refractivity contribution in [3.8, 4) is 0 Å². The molecule has 0 N–H and O–H groups in total. The summed E-state index contributed by atoms with van der Waals surface area (Å²) in [5, 5.41) is 0. The Morgan fingerprint density at radius 1 is 1.08 bits per heavy atom. The summed E-state index contributed by atoms with van der Waals surface area (Å²) in [5.41, 5.74) is 0.239. The molecule has 8 nitrogen and oxygen atoms in total. The number of rotatable bonds is 3. The van der Waals surface area contributed by atoms with E-state index in [0.29, 0.717) is 0 Å². The molecule has 0 radical (unpaired) electrons. The highest BCUT2D eigenvalue weighted by atomic mass is 32.2. The zero-order valence-corrected chi connectivity index (χ0v) is 15.7. The Hall–Kier alpha value is -1.78. The molecule has 2 fully saturated rings. The third-order valence-corrected chi connectivity index (χ3v) is 8.83. The fourth-order valence-electron chi connectivity index (χ4n) is 3.61. The second-order valence-electron chi connectivity index (χ2n) is 7.01. The molecule has 1 saturated heterocycles. The molecule has 0 unspecified atom stereocenters. The Kier molecular flexibility index (Phi) is 3.80. The zero-order valence-electron chi connectivity index (χ0n) is 14.1. The van der Waals surface area contributed by atoms with Crippen molar-refractivity contribution in [3.05, 3.63) is 29.3 Å². The van der Waals surface area contributed by atoms with Gasteiger partial charge in [0.1, 0.15) is 0 Å². The maximum Gasteiger partial charge on any atom is 0.261 e. The minimum absolute atomic E-state index is 0.0589. The summed E-state index contributed by atoms with van der Waals surface area (Å²) in [6.07, 6.45) is 1.63. The molecule has 1 aliphatic carbocycles. The number of sulfone groups is 1. The summed E-state index contributed by atoms with van der Waals surface area (Å²) in [5.74, 6) is -1.32. The Bertz CT molecular complexity index is 1030. The van der Waals surface area contributed by atoms with E-state index >= 15 is 0 Å². The van der Waals surface area contributed by atoms with Gasteiger partial charge in [-0.15, -0.1) is 0 Å². The Labute approximate surface area is 151 Å². The zero-order chi connectivity index (χ0) is 18.9. The van der Waals surface area contributed by atoms with Crippen LogP contribution in [0.1, 0.15) is 33.6 Å². The lowest BCUT2D eigenvalue weighted by molar-refractivity contribution is 0.0693. The summed E-state index contributed by atoms with van der Waals surface area (Å²) < 4.78 is 51.4. The number of benzene rings is 1. The summed E-state index contributed by atoms with van der Waals surface area (Å²) in [4.78, 5) is 25.0. The molecule has 0 bridgehead atoms. The monoisotopic (exact) mass is 398 g/mol. The summed E-state index contributed by atoms with van der Waals surface area (Å²) in [6.45, 7) is -0.0876. The van der Waals surface area contributed by atoms with E-state index in [9.17, 15) is 26.4 Å². The van der Waals surface area contributed by atoms with E-state index in [-0.39, 0.29) is 40.0 Å². The van der Waals surface area contributed by atoms with Gasteiger partial charge in [-0.1, -0.05) is 0 Å². The number of fused-ring (bicyclic) bond motifs is 1. The topological polar surface area (TPSA) is 109 Å². The van der Waals surface area contributed by atoms with Gasteiger partial charge in [0.2, 0.25) is 10.0 Å². The molecular weight excluding hydrogens is 380 g/mol. The van der Waals surface area contributed by atoms with Crippen LogP contribution in [0.4, 0.5) is 0 Å². The number of sulfonamides is 1. The average Bonchev–Trinajstić information content (AvgIpc) is 3.40. The van der Waals surface area contributed by atoms with E-state index in [4.69, 9.17) is 0 Å². The number of hydrogen-bond donors (Lipinski definition) is 0. The number of nitrogens with zero attached hydrogens (tertiary/aromatic N) is 2. The number of carbonyl (C=O) groups excluding carboxylic acids is 2. The molecule has 2 heterocycles. The van der Waals surface area contributed by atoms with Crippen LogP contribution in [0.25, 0.3) is 0 Å². The third-order valence-electron chi connectivity index (χ3n) is 5.25. The quantitative estimate of drug-likeness (QED) is 0.669. The Morgan fingerprint density at radius 3 is 2.38 bits per heavy atom. The molecule has 10 heteroatoms. The molecule has 0 aromatic heterocycles. The van der Waals surface area contributed by atoms with Crippen molar-refractivity contribution in [2.75, 3.05) is 25.1 Å². The van der Waals surface area contributed by atoms with E-state index in [1.165, 1.54) is 29.6 Å². The maximum atomic E-state index is 13.1. The molecule has 1 aromatic rings. The fourth-order valence-corrected chi connectivity index (χ4v) is 7.14. The van der Waals surface area contributed by atoms with Crippen LogP contribution in [-0.4, -0.2) is 69.0 Å². The first-order chi connectivity index (χ1) is 12.1. The highest BCUT2D eigenvalue weighted by molar-refractivity contribution is 7.92. The molecule has 2 aliphatic heterocycles. The van der Waals surface area contributed by atoms with Gasteiger partial charge in [0, 0.05) is 19.6 Å². The van der Waals surface area contributed by atoms with Crippen LogP contribution in [0.15, 0.2) is 23.1 Å². The summed E-state index contributed by atoms with van der Waals surface area (Å²) in [6, 6.07) is 3.32. The van der Waals surface area contributed by atoms with Gasteiger partial charge < -0.3 is 0 Å². The van der Waals surface area contributed by atoms with Crippen LogP contribution in [-0.2, 0) is 19.9 Å². The number of hydrogen-bond acceptors (Lipinski definition) is 6. The van der Waals surface area contributed by atoms with Crippen LogP contribution in [0.3, 0.4) is 0 Å². The van der Waals surface area contributed by atoms with Gasteiger partial charge in [-0.3, -0.25) is 14.5 Å². The van der Waals surface area contributed by atoms with E-state index < -0.39 is 37.7 Å². The van der Waals surface area contributed by atoms with Gasteiger partial charge in [0.05, 0.1) is 27.5 Å². The van der Waals surface area contributed by atoms with Crippen LogP contribution < -0.4 is 0 Å². The molecule has 4 rings (SSSR count). The average molecular weight is 398 g/mol. The van der Waals surface area contributed by atoms with Crippen molar-refractivity contribution in [1.82, 2.24) is 9.21 Å². The number of carbonyl (C=O) groups is 2. The van der Waals surface area contributed by atoms with Gasteiger partial charge in [0.25, 0.3) is 11.8 Å². The molecule has 1 atom stereocenters. The number of imide groups is 1. The van der Waals surface area contributed by atoms with Crippen LogP contribution >= 0.6 is 0 Å². The first-order valence-corrected chi connectivity index (χ1v) is 11.6. The standard InChI is InChI=1S/C16H18N2O6S2/c1-17-15(19)12-5-4-11(8-13(12)16(17)20)26(23,24)18-6-7-25(21,22)9-14(18)10-2-3-10/h4-5,8,10,14H,2-3,6-7,9H2,1H3/t14-/m1/s1. The minimum atomic E-state index is -3.96. The van der Waals surface area contributed by atoms with Crippen molar-refractivity contribution in [1.29, 1.82) is 0 Å². The Morgan fingerprint density at radius 2 is 1.73 bits per heavy atom. The first-order valence-electron chi connectivity index (χ1n) is 8.30. The van der Waals surface area contributed by atoms with Gasteiger partial charge in [0.15, 0.2) is 9.84 Å². The Balaban J connectivity index is 1.73. The van der Waals surface area contributed by atoms with E-state index in [1.807, 2.05) is 0 Å². The molecule has 26 heavy (non-hydrogen) atoms. The molecule has 1 aromatic carbocycles. The number of amides is 2. The van der Waals surface area contributed by atoms with E-state index in [0.717, 1.165) is 17.7 Å². The largest absolute Gasteiger partial charge is 0.277 e. The van der Waals surface area contributed by atoms with Crippen molar-refractivity contribution in [2.24, 2.45) is 5.92 Å². The predicted octanol–water partition coefficient (Wildman–Crippen LogP) is 0.110. The summed E-state index contributed by atoms with van der Waals surface area (Å²) in [7, 11) is -5.87. The van der Waals surface area contributed by atoms with E-state index in [2.05, 4.69) is 0 Å². The maximum absolute atomic E-state index is 13.1. The van der Waals surface area contributed by atoms with Gasteiger partial charge >= 0.3 is 0 Å². The lowest BCUT2D eigenvalue weighted by Gasteiger charge is -2.34. The second-order valence-corrected chi connectivity index (χ2v) is 11.1. The van der Waals surface area contributed by atoms with Crippen LogP contribution in [0.5, 0.6) is 0 Å². The molecule has 2 amide bonds. The van der Waals surface area contributed by atoms with Crippen molar-refractivity contribution >= 4 is 31.7 Å². The second kappa shape index (κ2) is 5.61. The predicted molar refractivity (Wildman–Crippen MR) is 91.9 cm³/mol. The van der Waals surface area contributed by atoms with Crippen molar-refractivity contribution in [2.45, 2.75) is 23.8 Å². The highest BCUT2D eigenvalue weighted by Gasteiger charge is 2.46. The molecule has 140 valence electrons. The van der Waals surface area contributed by atoms with Crippen molar-refractivity contribution in [3.63, 3.8) is 0 Å². The SMILES string of the molecule is CN1C(=O)c2ccc(S(=O)(=O)N3CCS(=O)(=O)C[C@@H]3C3CC3)cc2C1=O. The molecule has 0 spiro atoms.